The van der Waals surface area contributed by atoms with E-state index in [4.69, 9.17) is 25.8 Å². The molecule has 6 nitrogen and oxygen atoms in total. The molecular formula is C8H9N3O3. The van der Waals surface area contributed by atoms with E-state index in [1.807, 2.05) is 0 Å². The van der Waals surface area contributed by atoms with E-state index in [0.717, 1.165) is 0 Å². The zero-order chi connectivity index (χ0) is 9.97. The van der Waals surface area contributed by atoms with Crippen LogP contribution in [0.25, 0.3) is 0 Å². The fourth-order valence-electron chi connectivity index (χ4n) is 1.04. The molecule has 0 amide bonds. The van der Waals surface area contributed by atoms with Gasteiger partial charge in [-0.25, -0.2) is 0 Å². The molecule has 74 valence electrons. The van der Waals surface area contributed by atoms with Gasteiger partial charge in [0.05, 0.1) is 0 Å². The van der Waals surface area contributed by atoms with Crippen molar-refractivity contribution < 1.29 is 14.3 Å². The number of rotatable bonds is 2. The third-order valence-electron chi connectivity index (χ3n) is 1.60. The Morgan fingerprint density at radius 2 is 2.07 bits per heavy atom. The standard InChI is InChI=1S/C8H9N3O3/c9-8(10)11-14-5-1-2-6-7(3-5)13-4-12-6/h1-3H,4H2,(H4,9,10,11). The molecule has 0 fully saturated rings. The molecule has 1 heterocycles. The minimum absolute atomic E-state index is 0.136. The zero-order valence-corrected chi connectivity index (χ0v) is 7.27. The van der Waals surface area contributed by atoms with Gasteiger partial charge in [-0.2, -0.15) is 0 Å². The third kappa shape index (κ3) is 1.63. The molecule has 0 atom stereocenters. The van der Waals surface area contributed by atoms with E-state index in [1.54, 1.807) is 18.2 Å². The van der Waals surface area contributed by atoms with E-state index < -0.39 is 0 Å². The van der Waals surface area contributed by atoms with Gasteiger partial charge < -0.3 is 25.8 Å². The largest absolute Gasteiger partial charge is 0.454 e. The number of hydrogen-bond acceptors (Lipinski definition) is 4. The zero-order valence-electron chi connectivity index (χ0n) is 7.27. The Hall–Kier alpha value is -2.11. The van der Waals surface area contributed by atoms with Crippen molar-refractivity contribution >= 4 is 5.96 Å². The van der Waals surface area contributed by atoms with E-state index in [-0.39, 0.29) is 12.8 Å². The first-order chi connectivity index (χ1) is 6.75. The Balaban J connectivity index is 2.17. The molecule has 1 aliphatic heterocycles. The van der Waals surface area contributed by atoms with Crippen LogP contribution < -0.4 is 25.8 Å². The summed E-state index contributed by atoms with van der Waals surface area (Å²) in [7, 11) is 0. The van der Waals surface area contributed by atoms with Crippen LogP contribution in [0.2, 0.25) is 0 Å². The molecule has 14 heavy (non-hydrogen) atoms. The summed E-state index contributed by atoms with van der Waals surface area (Å²) < 4.78 is 10.2. The molecule has 1 aliphatic rings. The lowest BCUT2D eigenvalue weighted by Crippen LogP contribution is -2.23. The molecule has 0 spiro atoms. The van der Waals surface area contributed by atoms with Gasteiger partial charge in [0.15, 0.2) is 17.2 Å². The highest BCUT2D eigenvalue weighted by Crippen LogP contribution is 2.34. The Morgan fingerprint density at radius 3 is 2.86 bits per heavy atom. The number of hydrogen-bond donors (Lipinski definition) is 2. The van der Waals surface area contributed by atoms with Crippen LogP contribution in [0, 0.1) is 0 Å². The number of nitrogens with two attached hydrogens (primary N) is 2. The highest BCUT2D eigenvalue weighted by atomic mass is 16.7. The molecule has 0 radical (unpaired) electrons. The molecule has 1 aromatic carbocycles. The first-order valence-electron chi connectivity index (χ1n) is 3.91. The van der Waals surface area contributed by atoms with Crippen LogP contribution in [0.5, 0.6) is 17.2 Å². The monoisotopic (exact) mass is 195 g/mol. The number of oxime groups is 1. The second-order valence-corrected chi connectivity index (χ2v) is 2.62. The SMILES string of the molecule is NC(N)=NOc1ccc2c(c1)OCO2. The van der Waals surface area contributed by atoms with Crippen LogP contribution in [0.3, 0.4) is 0 Å². The van der Waals surface area contributed by atoms with Crippen molar-refractivity contribution in [1.29, 1.82) is 0 Å². The summed E-state index contributed by atoms with van der Waals surface area (Å²) in [6.45, 7) is 0.223. The fraction of sp³-hybridized carbons (Fsp3) is 0.125. The van der Waals surface area contributed by atoms with E-state index in [0.29, 0.717) is 17.2 Å². The summed E-state index contributed by atoms with van der Waals surface area (Å²) in [5.74, 6) is 1.65. The van der Waals surface area contributed by atoms with Crippen molar-refractivity contribution in [3.63, 3.8) is 0 Å². The van der Waals surface area contributed by atoms with Crippen LogP contribution in [0.1, 0.15) is 0 Å². The number of nitrogens with zero attached hydrogens (tertiary/aromatic N) is 1. The van der Waals surface area contributed by atoms with E-state index in [2.05, 4.69) is 5.16 Å². The molecule has 0 aliphatic carbocycles. The Kier molecular flexibility index (Phi) is 2.02. The van der Waals surface area contributed by atoms with Crippen LogP contribution >= 0.6 is 0 Å². The minimum atomic E-state index is -0.136. The van der Waals surface area contributed by atoms with Gasteiger partial charge in [-0.1, -0.05) is 0 Å². The summed E-state index contributed by atoms with van der Waals surface area (Å²) in [5, 5.41) is 3.40. The summed E-state index contributed by atoms with van der Waals surface area (Å²) in [5.41, 5.74) is 10.2. The maximum atomic E-state index is 5.13. The van der Waals surface area contributed by atoms with Crippen LogP contribution in [-0.4, -0.2) is 12.8 Å². The highest BCUT2D eigenvalue weighted by Gasteiger charge is 2.13. The van der Waals surface area contributed by atoms with Crippen molar-refractivity contribution in [2.75, 3.05) is 6.79 Å². The fourth-order valence-corrected chi connectivity index (χ4v) is 1.04. The summed E-state index contributed by atoms with van der Waals surface area (Å²) >= 11 is 0. The van der Waals surface area contributed by atoms with Gasteiger partial charge in [-0.15, -0.1) is 0 Å². The molecule has 4 N–H and O–H groups in total. The number of ether oxygens (including phenoxy) is 2. The Bertz CT molecular complexity index is 374. The predicted molar refractivity (Wildman–Crippen MR) is 49.0 cm³/mol. The minimum Gasteiger partial charge on any atom is -0.454 e. The molecular weight excluding hydrogens is 186 g/mol. The normalized spacial score (nSPS) is 12.3. The molecule has 0 unspecified atom stereocenters. The number of fused-ring (bicyclic) bond motifs is 1. The van der Waals surface area contributed by atoms with Gasteiger partial charge in [0, 0.05) is 6.07 Å². The predicted octanol–water partition coefficient (Wildman–Crippen LogP) is -0.0175. The van der Waals surface area contributed by atoms with Gasteiger partial charge in [0.1, 0.15) is 0 Å². The molecule has 0 aromatic heterocycles. The Labute approximate surface area is 80.0 Å². The first kappa shape index (κ1) is 8.49. The first-order valence-corrected chi connectivity index (χ1v) is 3.91. The van der Waals surface area contributed by atoms with Gasteiger partial charge >= 0.3 is 0 Å². The van der Waals surface area contributed by atoms with Crippen molar-refractivity contribution in [3.8, 4) is 17.2 Å². The summed E-state index contributed by atoms with van der Waals surface area (Å²) in [6, 6.07) is 5.05. The van der Waals surface area contributed by atoms with Gasteiger partial charge in [0.2, 0.25) is 12.8 Å². The molecule has 6 heteroatoms. The quantitative estimate of drug-likeness (QED) is 0.393. The van der Waals surface area contributed by atoms with Crippen LogP contribution in [0.15, 0.2) is 23.4 Å². The number of benzene rings is 1. The molecule has 0 bridgehead atoms. The Morgan fingerprint density at radius 1 is 1.29 bits per heavy atom. The molecule has 0 saturated heterocycles. The summed E-state index contributed by atoms with van der Waals surface area (Å²) in [4.78, 5) is 4.90. The molecule has 0 saturated carbocycles. The van der Waals surface area contributed by atoms with Crippen molar-refractivity contribution in [2.45, 2.75) is 0 Å². The maximum absolute atomic E-state index is 5.13. The topological polar surface area (TPSA) is 92.1 Å². The average molecular weight is 195 g/mol. The van der Waals surface area contributed by atoms with Gasteiger partial charge in [-0.05, 0) is 17.3 Å². The maximum Gasteiger partial charge on any atom is 0.231 e. The van der Waals surface area contributed by atoms with E-state index in [9.17, 15) is 0 Å². The van der Waals surface area contributed by atoms with Crippen molar-refractivity contribution in [3.05, 3.63) is 18.2 Å². The van der Waals surface area contributed by atoms with Crippen molar-refractivity contribution in [1.82, 2.24) is 0 Å². The van der Waals surface area contributed by atoms with Crippen LogP contribution in [0.4, 0.5) is 0 Å². The van der Waals surface area contributed by atoms with Crippen molar-refractivity contribution in [2.24, 2.45) is 16.6 Å². The lowest BCUT2D eigenvalue weighted by molar-refractivity contribution is 0.174. The second-order valence-electron chi connectivity index (χ2n) is 2.62. The van der Waals surface area contributed by atoms with E-state index in [1.165, 1.54) is 0 Å². The molecule has 2 rings (SSSR count). The third-order valence-corrected chi connectivity index (χ3v) is 1.60. The lowest BCUT2D eigenvalue weighted by Gasteiger charge is -1.99. The second kappa shape index (κ2) is 3.33. The number of guanidine groups is 1. The highest BCUT2D eigenvalue weighted by molar-refractivity contribution is 5.75. The van der Waals surface area contributed by atoms with Gasteiger partial charge in [0.25, 0.3) is 0 Å². The lowest BCUT2D eigenvalue weighted by atomic mass is 10.3. The smallest absolute Gasteiger partial charge is 0.231 e. The summed E-state index contributed by atoms with van der Waals surface area (Å²) in [6.07, 6.45) is 0. The van der Waals surface area contributed by atoms with E-state index >= 15 is 0 Å². The molecule has 1 aromatic rings. The van der Waals surface area contributed by atoms with Gasteiger partial charge in [-0.3, -0.25) is 0 Å². The average Bonchev–Trinajstić information content (AvgIpc) is 2.61. The van der Waals surface area contributed by atoms with Crippen LogP contribution in [-0.2, 0) is 0 Å².